The smallest absolute Gasteiger partial charge is 0.257 e. The highest BCUT2D eigenvalue weighted by molar-refractivity contribution is 9.10. The molecule has 4 N–H and O–H groups in total. The quantitative estimate of drug-likeness (QED) is 0.563. The van der Waals surface area contributed by atoms with Crippen molar-refractivity contribution in [3.63, 3.8) is 0 Å². The lowest BCUT2D eigenvalue weighted by Gasteiger charge is -2.08. The van der Waals surface area contributed by atoms with Crippen molar-refractivity contribution in [2.75, 3.05) is 10.7 Å². The number of amides is 1. The van der Waals surface area contributed by atoms with Gasteiger partial charge in [-0.25, -0.2) is 20.8 Å². The molecule has 1 amide bonds. The Hall–Kier alpha value is -2.06. The third kappa shape index (κ3) is 4.20. The number of nitrogens with zero attached hydrogens (tertiary/aromatic N) is 3. The average Bonchev–Trinajstić information content (AvgIpc) is 2.49. The van der Waals surface area contributed by atoms with E-state index in [1.807, 2.05) is 6.92 Å². The molecule has 0 saturated heterocycles. The van der Waals surface area contributed by atoms with Crippen molar-refractivity contribution in [1.82, 2.24) is 15.0 Å². The SMILES string of the molecule is CCCc1cc(C(=O)Nc2cnc(Br)cn2)cc(NN)n1. The molecule has 2 aromatic rings. The van der Waals surface area contributed by atoms with Gasteiger partial charge >= 0.3 is 0 Å². The summed E-state index contributed by atoms with van der Waals surface area (Å²) in [4.78, 5) is 24.6. The van der Waals surface area contributed by atoms with Crippen LogP contribution in [0.1, 0.15) is 29.4 Å². The molecule has 0 atom stereocenters. The number of hydrazine groups is 1. The number of carbonyl (C=O) groups is 1. The van der Waals surface area contributed by atoms with Crippen LogP contribution in [0.2, 0.25) is 0 Å². The molecule has 2 aromatic heterocycles. The molecule has 0 aliphatic heterocycles. The Kier molecular flexibility index (Phi) is 5.18. The molecule has 0 aliphatic carbocycles. The second kappa shape index (κ2) is 7.09. The van der Waals surface area contributed by atoms with Gasteiger partial charge in [-0.2, -0.15) is 0 Å². The van der Waals surface area contributed by atoms with Gasteiger partial charge in [0.15, 0.2) is 5.82 Å². The second-order valence-corrected chi connectivity index (χ2v) is 5.12. The fraction of sp³-hybridized carbons (Fsp3) is 0.231. The van der Waals surface area contributed by atoms with Gasteiger partial charge in [0, 0.05) is 11.3 Å². The largest absolute Gasteiger partial charge is 0.308 e. The van der Waals surface area contributed by atoms with Crippen LogP contribution < -0.4 is 16.6 Å². The monoisotopic (exact) mass is 350 g/mol. The Morgan fingerprint density at radius 2 is 2.10 bits per heavy atom. The number of aryl methyl sites for hydroxylation is 1. The number of rotatable bonds is 5. The summed E-state index contributed by atoms with van der Waals surface area (Å²) in [7, 11) is 0. The molecule has 2 rings (SSSR count). The Labute approximate surface area is 130 Å². The summed E-state index contributed by atoms with van der Waals surface area (Å²) in [6.45, 7) is 2.04. The summed E-state index contributed by atoms with van der Waals surface area (Å²) in [5.74, 6) is 5.92. The van der Waals surface area contributed by atoms with Gasteiger partial charge in [-0.15, -0.1) is 0 Å². The predicted octanol–water partition coefficient (Wildman–Crippen LogP) is 2.12. The maximum atomic E-state index is 12.2. The first kappa shape index (κ1) is 15.3. The van der Waals surface area contributed by atoms with Crippen molar-refractivity contribution in [3.8, 4) is 0 Å². The topological polar surface area (TPSA) is 106 Å². The minimum atomic E-state index is -0.289. The van der Waals surface area contributed by atoms with Gasteiger partial charge in [0.05, 0.1) is 12.4 Å². The standard InChI is InChI=1S/C13H15BrN6O/c1-2-3-9-4-8(5-11(18-9)20-15)13(21)19-12-7-16-10(14)6-17-12/h4-7H,2-3,15H2,1H3,(H,18,20)(H,17,19,21). The van der Waals surface area contributed by atoms with Crippen LogP contribution in [0.15, 0.2) is 29.1 Å². The summed E-state index contributed by atoms with van der Waals surface area (Å²) in [6.07, 6.45) is 4.68. The molecule has 2 heterocycles. The van der Waals surface area contributed by atoms with Gasteiger partial charge in [0.25, 0.3) is 5.91 Å². The van der Waals surface area contributed by atoms with Crippen LogP contribution in [0, 0.1) is 0 Å². The fourth-order valence-corrected chi connectivity index (χ4v) is 1.95. The predicted molar refractivity (Wildman–Crippen MR) is 83.7 cm³/mol. The van der Waals surface area contributed by atoms with E-state index in [0.29, 0.717) is 21.8 Å². The second-order valence-electron chi connectivity index (χ2n) is 4.31. The highest BCUT2D eigenvalue weighted by Crippen LogP contribution is 2.13. The number of nitrogens with one attached hydrogen (secondary N) is 2. The number of hydrogen-bond donors (Lipinski definition) is 3. The Morgan fingerprint density at radius 3 is 2.71 bits per heavy atom. The summed E-state index contributed by atoms with van der Waals surface area (Å²) in [5.41, 5.74) is 3.74. The van der Waals surface area contributed by atoms with Gasteiger partial charge < -0.3 is 10.7 Å². The fourth-order valence-electron chi connectivity index (χ4n) is 1.74. The molecule has 0 fully saturated rings. The number of aromatic nitrogens is 3. The number of anilines is 2. The molecule has 0 saturated carbocycles. The highest BCUT2D eigenvalue weighted by atomic mass is 79.9. The van der Waals surface area contributed by atoms with Gasteiger partial charge in [0.2, 0.25) is 0 Å². The molecule has 0 bridgehead atoms. The molecule has 0 unspecified atom stereocenters. The third-order valence-corrected chi connectivity index (χ3v) is 3.07. The Bertz CT molecular complexity index is 631. The summed E-state index contributed by atoms with van der Waals surface area (Å²) in [5, 5.41) is 2.68. The van der Waals surface area contributed by atoms with Gasteiger partial charge in [-0.1, -0.05) is 13.3 Å². The highest BCUT2D eigenvalue weighted by Gasteiger charge is 2.10. The molecular weight excluding hydrogens is 336 g/mol. The number of hydrogen-bond acceptors (Lipinski definition) is 6. The van der Waals surface area contributed by atoms with Crippen LogP contribution >= 0.6 is 15.9 Å². The van der Waals surface area contributed by atoms with E-state index in [2.05, 4.69) is 41.6 Å². The minimum absolute atomic E-state index is 0.289. The molecule has 7 nitrogen and oxygen atoms in total. The molecule has 21 heavy (non-hydrogen) atoms. The molecule has 110 valence electrons. The summed E-state index contributed by atoms with van der Waals surface area (Å²) < 4.78 is 0.601. The van der Waals surface area contributed by atoms with E-state index < -0.39 is 0 Å². The maximum absolute atomic E-state index is 12.2. The van der Waals surface area contributed by atoms with Crippen LogP contribution in [0.3, 0.4) is 0 Å². The zero-order valence-corrected chi connectivity index (χ0v) is 13.0. The molecule has 0 aliphatic rings. The zero-order valence-electron chi connectivity index (χ0n) is 11.4. The Morgan fingerprint density at radius 1 is 1.29 bits per heavy atom. The summed E-state index contributed by atoms with van der Waals surface area (Å²) in [6, 6.07) is 3.33. The van der Waals surface area contributed by atoms with Crippen LogP contribution in [-0.2, 0) is 6.42 Å². The number of carbonyl (C=O) groups excluding carboxylic acids is 1. The number of nitrogens with two attached hydrogens (primary N) is 1. The van der Waals surface area contributed by atoms with E-state index in [-0.39, 0.29) is 5.91 Å². The van der Waals surface area contributed by atoms with Crippen LogP contribution in [0.25, 0.3) is 0 Å². The number of nitrogen functional groups attached to an aromatic ring is 1. The number of pyridine rings is 1. The van der Waals surface area contributed by atoms with E-state index in [1.165, 1.54) is 12.4 Å². The third-order valence-electron chi connectivity index (χ3n) is 2.66. The van der Waals surface area contributed by atoms with E-state index in [9.17, 15) is 4.79 Å². The van der Waals surface area contributed by atoms with Gasteiger partial charge in [0.1, 0.15) is 10.4 Å². The number of halogens is 1. The van der Waals surface area contributed by atoms with Crippen molar-refractivity contribution in [2.45, 2.75) is 19.8 Å². The first-order valence-electron chi connectivity index (χ1n) is 6.39. The Balaban J connectivity index is 2.21. The van der Waals surface area contributed by atoms with Gasteiger partial charge in [-0.05, 0) is 34.5 Å². The molecule has 0 radical (unpaired) electrons. The van der Waals surface area contributed by atoms with Crippen LogP contribution in [-0.4, -0.2) is 20.9 Å². The van der Waals surface area contributed by atoms with Gasteiger partial charge in [-0.3, -0.25) is 4.79 Å². The van der Waals surface area contributed by atoms with E-state index in [4.69, 9.17) is 5.84 Å². The first-order chi connectivity index (χ1) is 10.1. The van der Waals surface area contributed by atoms with Crippen LogP contribution in [0.5, 0.6) is 0 Å². The van der Waals surface area contributed by atoms with E-state index in [1.54, 1.807) is 12.1 Å². The molecular formula is C13H15BrN6O. The summed E-state index contributed by atoms with van der Waals surface area (Å²) >= 11 is 3.19. The van der Waals surface area contributed by atoms with Crippen molar-refractivity contribution < 1.29 is 4.79 Å². The molecule has 0 aromatic carbocycles. The van der Waals surface area contributed by atoms with Crippen molar-refractivity contribution in [2.24, 2.45) is 5.84 Å². The minimum Gasteiger partial charge on any atom is -0.308 e. The molecule has 8 heteroatoms. The lowest BCUT2D eigenvalue weighted by Crippen LogP contribution is -2.16. The lowest BCUT2D eigenvalue weighted by molar-refractivity contribution is 0.102. The normalized spacial score (nSPS) is 10.2. The van der Waals surface area contributed by atoms with Crippen LogP contribution in [0.4, 0.5) is 11.6 Å². The van der Waals surface area contributed by atoms with Crippen molar-refractivity contribution in [3.05, 3.63) is 40.4 Å². The van der Waals surface area contributed by atoms with E-state index in [0.717, 1.165) is 18.5 Å². The lowest BCUT2D eigenvalue weighted by atomic mass is 10.1. The zero-order chi connectivity index (χ0) is 15.2. The van der Waals surface area contributed by atoms with Crippen molar-refractivity contribution >= 4 is 33.5 Å². The first-order valence-corrected chi connectivity index (χ1v) is 7.18. The maximum Gasteiger partial charge on any atom is 0.257 e. The molecule has 0 spiro atoms. The van der Waals surface area contributed by atoms with E-state index >= 15 is 0 Å². The average molecular weight is 351 g/mol. The van der Waals surface area contributed by atoms with Crippen molar-refractivity contribution in [1.29, 1.82) is 0 Å².